The third-order valence-corrected chi connectivity index (χ3v) is 16.2. The van der Waals surface area contributed by atoms with E-state index in [2.05, 4.69) is 69.0 Å². The van der Waals surface area contributed by atoms with Gasteiger partial charge in [-0.1, -0.05) is 116 Å². The number of esters is 1. The summed E-state index contributed by atoms with van der Waals surface area (Å²) in [5.74, 6) is -4.16. The monoisotopic (exact) mass is 1070 g/mol. The fourth-order valence-electron chi connectivity index (χ4n) is 10.6. The number of nitrogens with one attached hydrogen (secondary N) is 4. The second-order valence-corrected chi connectivity index (χ2v) is 22.6. The number of carbonyl (C=O) groups is 5. The Bertz CT molecular complexity index is 2240. The van der Waals surface area contributed by atoms with Gasteiger partial charge in [0.15, 0.2) is 0 Å². The minimum absolute atomic E-state index is 0.0125. The van der Waals surface area contributed by atoms with Crippen LogP contribution in [0, 0.1) is 35.5 Å². The number of ether oxygens (including phenoxy) is 2. The molecule has 2 fully saturated rings. The zero-order valence-electron chi connectivity index (χ0n) is 48.1. The van der Waals surface area contributed by atoms with E-state index < -0.39 is 89.7 Å². The molecule has 4 rings (SSSR count). The molecule has 2 saturated heterocycles. The molecule has 14 atom stereocenters. The first-order valence-electron chi connectivity index (χ1n) is 28.5. The highest BCUT2D eigenvalue weighted by atomic mass is 16.5. The smallest absolute Gasteiger partial charge is 0.325 e. The molecule has 3 aliphatic heterocycles. The number of nitrogen functional groups attached to an aromatic ring is 1. The zero-order valence-corrected chi connectivity index (χ0v) is 48.1. The maximum Gasteiger partial charge on any atom is 0.325 e. The molecule has 430 valence electrons. The lowest BCUT2D eigenvalue weighted by Gasteiger charge is -2.48. The van der Waals surface area contributed by atoms with Crippen molar-refractivity contribution in [3.05, 3.63) is 89.6 Å². The topological polar surface area (TPSA) is 242 Å². The van der Waals surface area contributed by atoms with Crippen LogP contribution in [0.4, 0.5) is 5.69 Å². The third kappa shape index (κ3) is 19.1. The van der Waals surface area contributed by atoms with Crippen LogP contribution < -0.4 is 27.1 Å². The number of cyclic esters (lactones) is 1. The number of nitrogens with zero attached hydrogens (tertiary/aromatic N) is 1. The van der Waals surface area contributed by atoms with E-state index in [9.17, 15) is 39.3 Å². The lowest BCUT2D eigenvalue weighted by atomic mass is 9.78. The second-order valence-electron chi connectivity index (χ2n) is 22.6. The number of ketones is 1. The van der Waals surface area contributed by atoms with Gasteiger partial charge < -0.3 is 46.0 Å². The Balaban J connectivity index is 1.57. The van der Waals surface area contributed by atoms with Crippen LogP contribution in [0.25, 0.3) is 0 Å². The summed E-state index contributed by atoms with van der Waals surface area (Å²) in [6.45, 7) is 22.4. The van der Waals surface area contributed by atoms with Crippen LogP contribution in [0.2, 0.25) is 0 Å². The second kappa shape index (κ2) is 31.6. The highest BCUT2D eigenvalue weighted by Crippen LogP contribution is 2.39. The maximum absolute atomic E-state index is 14.6. The molecule has 3 aliphatic rings. The van der Waals surface area contributed by atoms with E-state index in [1.165, 1.54) is 23.6 Å². The Labute approximate surface area is 460 Å². The molecule has 0 aliphatic carbocycles. The van der Waals surface area contributed by atoms with E-state index in [0.29, 0.717) is 42.9 Å². The van der Waals surface area contributed by atoms with Crippen molar-refractivity contribution in [2.45, 2.75) is 208 Å². The largest absolute Gasteiger partial charge is 0.456 e. The van der Waals surface area contributed by atoms with Gasteiger partial charge in [-0.3, -0.25) is 29.5 Å². The summed E-state index contributed by atoms with van der Waals surface area (Å²) in [5, 5.41) is 45.1. The Morgan fingerprint density at radius 2 is 1.78 bits per heavy atom. The number of benzene rings is 1. The first-order chi connectivity index (χ1) is 36.5. The number of nitrogens with two attached hydrogens (primary N) is 1. The van der Waals surface area contributed by atoms with Gasteiger partial charge in [0.25, 0.3) is 5.91 Å². The van der Waals surface area contributed by atoms with Gasteiger partial charge in [-0.05, 0) is 126 Å². The molecular formula is C61H96N6O10. The number of aliphatic hydroxyl groups is 3. The van der Waals surface area contributed by atoms with Crippen molar-refractivity contribution in [1.82, 2.24) is 26.4 Å². The van der Waals surface area contributed by atoms with Crippen LogP contribution in [0.3, 0.4) is 0 Å². The summed E-state index contributed by atoms with van der Waals surface area (Å²) in [6, 6.07) is 3.75. The summed E-state index contributed by atoms with van der Waals surface area (Å²) in [7, 11) is 0. The fraction of sp³-hybridized carbons (Fsp3) is 0.656. The van der Waals surface area contributed by atoms with Crippen LogP contribution in [-0.4, -0.2) is 117 Å². The molecule has 16 heteroatoms. The van der Waals surface area contributed by atoms with Crippen LogP contribution in [0.15, 0.2) is 84.0 Å². The van der Waals surface area contributed by atoms with E-state index in [0.717, 1.165) is 37.8 Å². The quantitative estimate of drug-likeness (QED) is 0.0290. The van der Waals surface area contributed by atoms with Crippen molar-refractivity contribution < 1.29 is 48.8 Å². The fourth-order valence-corrected chi connectivity index (χ4v) is 10.6. The lowest BCUT2D eigenvalue weighted by Crippen LogP contribution is -2.62. The van der Waals surface area contributed by atoms with E-state index in [1.807, 2.05) is 31.2 Å². The number of hydrogen-bond acceptors (Lipinski definition) is 13. The van der Waals surface area contributed by atoms with Crippen molar-refractivity contribution in [1.29, 1.82) is 0 Å². The molecule has 1 aromatic rings. The number of allylic oxidation sites excluding steroid dienone is 6. The minimum Gasteiger partial charge on any atom is -0.456 e. The summed E-state index contributed by atoms with van der Waals surface area (Å²) in [6.07, 6.45) is 16.7. The molecule has 3 heterocycles. The number of anilines is 1. The average Bonchev–Trinajstić information content (AvgIpc) is 3.40. The molecule has 14 unspecified atom stereocenters. The molecule has 0 radical (unpaired) electrons. The summed E-state index contributed by atoms with van der Waals surface area (Å²) in [5.41, 5.74) is 11.7. The van der Waals surface area contributed by atoms with Crippen molar-refractivity contribution in [2.75, 3.05) is 18.8 Å². The van der Waals surface area contributed by atoms with Gasteiger partial charge in [0.2, 0.25) is 11.8 Å². The number of amides is 3. The number of carbonyl (C=O) groups excluding carboxylic acids is 5. The van der Waals surface area contributed by atoms with E-state index in [4.69, 9.17) is 15.2 Å². The van der Waals surface area contributed by atoms with Gasteiger partial charge in [0.05, 0.1) is 30.3 Å². The van der Waals surface area contributed by atoms with Crippen molar-refractivity contribution >= 4 is 35.2 Å². The normalized spacial score (nSPS) is 30.2. The number of fused-ring (bicyclic) bond motifs is 2. The number of hydrazine groups is 1. The van der Waals surface area contributed by atoms with Crippen LogP contribution in [0.1, 0.15) is 152 Å². The summed E-state index contributed by atoms with van der Waals surface area (Å²) < 4.78 is 13.2. The van der Waals surface area contributed by atoms with Crippen molar-refractivity contribution in [2.24, 2.45) is 35.5 Å². The molecule has 0 saturated carbocycles. The van der Waals surface area contributed by atoms with E-state index in [1.54, 1.807) is 57.2 Å². The maximum atomic E-state index is 14.6. The van der Waals surface area contributed by atoms with Crippen LogP contribution in [0.5, 0.6) is 0 Å². The van der Waals surface area contributed by atoms with Gasteiger partial charge in [-0.15, -0.1) is 0 Å². The first kappa shape index (κ1) is 64.6. The Kier molecular flexibility index (Phi) is 26.5. The van der Waals surface area contributed by atoms with Crippen LogP contribution in [-0.2, 0) is 39.9 Å². The highest BCUT2D eigenvalue weighted by molar-refractivity contribution is 5.93. The molecule has 9 N–H and O–H groups in total. The van der Waals surface area contributed by atoms with Gasteiger partial charge >= 0.3 is 5.97 Å². The van der Waals surface area contributed by atoms with Crippen LogP contribution >= 0.6 is 0 Å². The Morgan fingerprint density at radius 3 is 2.43 bits per heavy atom. The Morgan fingerprint density at radius 1 is 1.04 bits per heavy atom. The van der Waals surface area contributed by atoms with Gasteiger partial charge in [0, 0.05) is 49.9 Å². The first-order valence-corrected chi connectivity index (χ1v) is 28.5. The molecule has 77 heavy (non-hydrogen) atoms. The SMILES string of the molecule is CC=C(C)C1(OC(CC)CC(O)C(C)CCC=CC=C(C)C2CC=CC=CC(O)C(C)C(O)C(CCC(C)=O)C(=O)NC(C(C)C)C(=O)NC(Cc3cccc(N)c3)C(=O)N3CCCC(N3)C(=O)O2)NCC(CC)CC1C. The van der Waals surface area contributed by atoms with Crippen molar-refractivity contribution in [3.63, 3.8) is 0 Å². The van der Waals surface area contributed by atoms with E-state index in [-0.39, 0.29) is 56.0 Å². The number of rotatable bonds is 19. The number of Topliss-reactive ketones (excluding diaryl/α,β-unsaturated/α-hetero) is 1. The lowest BCUT2D eigenvalue weighted by molar-refractivity contribution is -0.156. The third-order valence-electron chi connectivity index (χ3n) is 16.2. The molecule has 3 amide bonds. The number of hydrogen-bond donors (Lipinski definition) is 8. The highest BCUT2D eigenvalue weighted by Gasteiger charge is 2.45. The molecule has 16 nitrogen and oxygen atoms in total. The predicted molar refractivity (Wildman–Crippen MR) is 303 cm³/mol. The predicted octanol–water partition coefficient (Wildman–Crippen LogP) is 7.49. The summed E-state index contributed by atoms with van der Waals surface area (Å²) in [4.78, 5) is 69.2. The van der Waals surface area contributed by atoms with Gasteiger partial charge in [-0.2, -0.15) is 0 Å². The van der Waals surface area contributed by atoms with Gasteiger partial charge in [0.1, 0.15) is 35.7 Å². The molecular weight excluding hydrogens is 977 g/mol. The van der Waals surface area contributed by atoms with E-state index >= 15 is 0 Å². The summed E-state index contributed by atoms with van der Waals surface area (Å²) >= 11 is 0. The number of aliphatic hydroxyl groups excluding tert-OH is 3. The molecule has 0 spiro atoms. The van der Waals surface area contributed by atoms with Crippen molar-refractivity contribution in [3.8, 4) is 0 Å². The molecule has 2 bridgehead atoms. The zero-order chi connectivity index (χ0) is 57.0. The van der Waals surface area contributed by atoms with Gasteiger partial charge in [-0.25, -0.2) is 5.43 Å². The standard InChI is InChI=1S/C61H96N6O10/c1-12-41(8)61(42(9)33-45(13-2)37-63-61)77-48(14-3)36-53(70)39(6)23-17-15-18-24-40(7)54-29-20-16-19-28-52(69)44(11)56(71)49(31-30-43(10)68)57(72)65-55(38(4)5)58(73)64-51(35-46-25-21-26-47(62)34-46)59(74)67-32-22-27-50(66-67)60(75)76-54/h12,15-16,18-21,24-26,28,34,38-39,42,44-45,48-56,63,66,69-71H,13-14,17,22-23,27,29-33,35-37,62H2,1-11H3,(H,64,73)(H,65,72). The minimum atomic E-state index is -1.41. The molecule has 0 aromatic heterocycles. The average molecular weight is 1070 g/mol. The number of piperidine rings is 1. The molecule has 1 aromatic carbocycles. The Hall–Kier alpha value is -4.97.